The monoisotopic (exact) mass is 269 g/mol. The lowest BCUT2D eigenvalue weighted by Crippen LogP contribution is -2.48. The summed E-state index contributed by atoms with van der Waals surface area (Å²) < 4.78 is 5.37. The van der Waals surface area contributed by atoms with Gasteiger partial charge in [0.05, 0.1) is 6.10 Å². The number of hydrogen-bond donors (Lipinski definition) is 2. The molecule has 5 heteroatoms. The van der Waals surface area contributed by atoms with E-state index in [2.05, 4.69) is 5.32 Å². The van der Waals surface area contributed by atoms with Gasteiger partial charge in [-0.1, -0.05) is 11.6 Å². The molecule has 98 valence electrons. The number of hydrogen-bond acceptors (Lipinski definition) is 3. The molecule has 1 aliphatic carbocycles. The zero-order valence-electron chi connectivity index (χ0n) is 10.1. The van der Waals surface area contributed by atoms with E-state index in [1.54, 1.807) is 18.2 Å². The van der Waals surface area contributed by atoms with E-state index in [4.69, 9.17) is 21.4 Å². The molecule has 0 spiro atoms. The van der Waals surface area contributed by atoms with Crippen molar-refractivity contribution in [2.24, 2.45) is 0 Å². The maximum atomic E-state index is 11.5. The highest BCUT2D eigenvalue weighted by atomic mass is 35.5. The van der Waals surface area contributed by atoms with Crippen molar-refractivity contribution in [1.82, 2.24) is 5.32 Å². The lowest BCUT2D eigenvalue weighted by Gasteiger charge is -2.31. The van der Waals surface area contributed by atoms with Crippen LogP contribution in [0.1, 0.15) is 18.4 Å². The Kier molecular flexibility index (Phi) is 4.09. The maximum Gasteiger partial charge on any atom is 0.258 e. The van der Waals surface area contributed by atoms with Crippen molar-refractivity contribution < 1.29 is 14.6 Å². The molecule has 0 aromatic heterocycles. The van der Waals surface area contributed by atoms with Crippen LogP contribution in [-0.2, 0) is 4.79 Å². The first-order valence-corrected chi connectivity index (χ1v) is 6.29. The molecule has 0 unspecified atom stereocenters. The van der Waals surface area contributed by atoms with Crippen molar-refractivity contribution in [3.8, 4) is 5.75 Å². The molecule has 0 bridgehead atoms. The Bertz CT molecular complexity index is 444. The minimum Gasteiger partial charge on any atom is -0.484 e. The summed E-state index contributed by atoms with van der Waals surface area (Å²) in [5, 5.41) is 12.6. The van der Waals surface area contributed by atoms with E-state index in [-0.39, 0.29) is 24.7 Å². The van der Waals surface area contributed by atoms with Crippen LogP contribution < -0.4 is 10.1 Å². The SMILES string of the molecule is Cc1cc(OCC(=O)NC2CC(O)C2)ccc1Cl. The fraction of sp³-hybridized carbons (Fsp3) is 0.462. The Hall–Kier alpha value is -1.26. The van der Waals surface area contributed by atoms with Crippen molar-refractivity contribution >= 4 is 17.5 Å². The van der Waals surface area contributed by atoms with Crippen molar-refractivity contribution in [3.63, 3.8) is 0 Å². The first-order valence-electron chi connectivity index (χ1n) is 5.91. The molecule has 0 heterocycles. The maximum absolute atomic E-state index is 11.5. The van der Waals surface area contributed by atoms with Gasteiger partial charge in [-0.25, -0.2) is 0 Å². The van der Waals surface area contributed by atoms with E-state index in [1.807, 2.05) is 6.92 Å². The zero-order chi connectivity index (χ0) is 13.1. The summed E-state index contributed by atoms with van der Waals surface area (Å²) in [5.41, 5.74) is 0.914. The lowest BCUT2D eigenvalue weighted by atomic mass is 9.89. The quantitative estimate of drug-likeness (QED) is 0.874. The summed E-state index contributed by atoms with van der Waals surface area (Å²) in [6, 6.07) is 5.35. The summed E-state index contributed by atoms with van der Waals surface area (Å²) in [7, 11) is 0. The predicted octanol–water partition coefficient (Wildman–Crippen LogP) is 1.67. The van der Waals surface area contributed by atoms with Gasteiger partial charge >= 0.3 is 0 Å². The average molecular weight is 270 g/mol. The van der Waals surface area contributed by atoms with Crippen LogP contribution >= 0.6 is 11.6 Å². The van der Waals surface area contributed by atoms with E-state index < -0.39 is 0 Å². The molecule has 1 aromatic rings. The molecule has 0 atom stereocenters. The summed E-state index contributed by atoms with van der Waals surface area (Å²) in [6.45, 7) is 1.86. The van der Waals surface area contributed by atoms with Gasteiger partial charge in [-0.2, -0.15) is 0 Å². The van der Waals surface area contributed by atoms with Crippen LogP contribution in [-0.4, -0.2) is 29.8 Å². The Morgan fingerprint density at radius 1 is 1.56 bits per heavy atom. The van der Waals surface area contributed by atoms with Crippen LogP contribution in [0.3, 0.4) is 0 Å². The summed E-state index contributed by atoms with van der Waals surface area (Å²) in [6.07, 6.45) is 0.993. The molecule has 1 saturated carbocycles. The smallest absolute Gasteiger partial charge is 0.258 e. The largest absolute Gasteiger partial charge is 0.484 e. The normalized spacial score (nSPS) is 22.2. The number of benzene rings is 1. The number of rotatable bonds is 4. The average Bonchev–Trinajstić information content (AvgIpc) is 2.29. The third kappa shape index (κ3) is 3.37. The highest BCUT2D eigenvalue weighted by molar-refractivity contribution is 6.31. The second-order valence-corrected chi connectivity index (χ2v) is 5.00. The highest BCUT2D eigenvalue weighted by Crippen LogP contribution is 2.21. The van der Waals surface area contributed by atoms with Gasteiger partial charge in [0.1, 0.15) is 5.75 Å². The first kappa shape index (κ1) is 13.2. The Labute approximate surface area is 111 Å². The minimum absolute atomic E-state index is 0.0202. The number of carbonyl (C=O) groups excluding carboxylic acids is 1. The second kappa shape index (κ2) is 5.59. The first-order chi connectivity index (χ1) is 8.54. The molecule has 0 saturated heterocycles. The van der Waals surface area contributed by atoms with Gasteiger partial charge in [-0.3, -0.25) is 4.79 Å². The Morgan fingerprint density at radius 3 is 2.89 bits per heavy atom. The van der Waals surface area contributed by atoms with E-state index >= 15 is 0 Å². The van der Waals surface area contributed by atoms with Gasteiger partial charge < -0.3 is 15.2 Å². The molecule has 1 fully saturated rings. The van der Waals surface area contributed by atoms with Gasteiger partial charge in [0.15, 0.2) is 6.61 Å². The summed E-state index contributed by atoms with van der Waals surface area (Å²) >= 11 is 5.89. The second-order valence-electron chi connectivity index (χ2n) is 4.59. The standard InChI is InChI=1S/C13H16ClNO3/c1-8-4-11(2-3-12(8)14)18-7-13(17)15-9-5-10(16)6-9/h2-4,9-10,16H,5-7H2,1H3,(H,15,17). The molecule has 1 aromatic carbocycles. The van der Waals surface area contributed by atoms with Gasteiger partial charge in [0, 0.05) is 11.1 Å². The zero-order valence-corrected chi connectivity index (χ0v) is 10.9. The third-order valence-electron chi connectivity index (χ3n) is 2.98. The third-order valence-corrected chi connectivity index (χ3v) is 3.40. The van der Waals surface area contributed by atoms with Crippen LogP contribution in [0, 0.1) is 6.92 Å². The Morgan fingerprint density at radius 2 is 2.28 bits per heavy atom. The van der Waals surface area contributed by atoms with Gasteiger partial charge in [-0.15, -0.1) is 0 Å². The molecule has 1 amide bonds. The Balaban J connectivity index is 1.76. The van der Waals surface area contributed by atoms with Crippen LogP contribution in [0.5, 0.6) is 5.75 Å². The molecule has 1 aliphatic rings. The van der Waals surface area contributed by atoms with Crippen LogP contribution in [0.4, 0.5) is 0 Å². The molecule has 2 N–H and O–H groups in total. The minimum atomic E-state index is -0.268. The van der Waals surface area contributed by atoms with E-state index in [0.29, 0.717) is 23.6 Å². The number of ether oxygens (including phenoxy) is 1. The number of halogens is 1. The number of carbonyl (C=O) groups is 1. The van der Waals surface area contributed by atoms with Crippen LogP contribution in [0.15, 0.2) is 18.2 Å². The van der Waals surface area contributed by atoms with Crippen molar-refractivity contribution in [3.05, 3.63) is 28.8 Å². The molecule has 18 heavy (non-hydrogen) atoms. The van der Waals surface area contributed by atoms with Crippen molar-refractivity contribution in [2.75, 3.05) is 6.61 Å². The molecule has 2 rings (SSSR count). The fourth-order valence-corrected chi connectivity index (χ4v) is 1.95. The van der Waals surface area contributed by atoms with E-state index in [0.717, 1.165) is 5.56 Å². The molecule has 0 aliphatic heterocycles. The molecule has 4 nitrogen and oxygen atoms in total. The van der Waals surface area contributed by atoms with Crippen molar-refractivity contribution in [2.45, 2.75) is 31.9 Å². The molecule has 0 radical (unpaired) electrons. The number of nitrogens with one attached hydrogen (secondary N) is 1. The number of aryl methyl sites for hydroxylation is 1. The van der Waals surface area contributed by atoms with Crippen molar-refractivity contribution in [1.29, 1.82) is 0 Å². The summed E-state index contributed by atoms with van der Waals surface area (Å²) in [4.78, 5) is 11.5. The van der Waals surface area contributed by atoms with E-state index in [1.165, 1.54) is 0 Å². The van der Waals surface area contributed by atoms with Gasteiger partial charge in [0.2, 0.25) is 0 Å². The van der Waals surface area contributed by atoms with Crippen LogP contribution in [0.2, 0.25) is 5.02 Å². The highest BCUT2D eigenvalue weighted by Gasteiger charge is 2.28. The molecular formula is C13H16ClNO3. The van der Waals surface area contributed by atoms with Crippen LogP contribution in [0.25, 0.3) is 0 Å². The van der Waals surface area contributed by atoms with Gasteiger partial charge in [0.25, 0.3) is 5.91 Å². The number of aliphatic hydroxyl groups excluding tert-OH is 1. The predicted molar refractivity (Wildman–Crippen MR) is 68.9 cm³/mol. The lowest BCUT2D eigenvalue weighted by molar-refractivity contribution is -0.125. The number of amides is 1. The van der Waals surface area contributed by atoms with E-state index in [9.17, 15) is 4.79 Å². The fourth-order valence-electron chi connectivity index (χ4n) is 1.83. The summed E-state index contributed by atoms with van der Waals surface area (Å²) in [5.74, 6) is 0.459. The topological polar surface area (TPSA) is 58.6 Å². The number of aliphatic hydroxyl groups is 1. The van der Waals surface area contributed by atoms with Gasteiger partial charge in [-0.05, 0) is 43.5 Å². The molecular weight excluding hydrogens is 254 g/mol.